The van der Waals surface area contributed by atoms with Crippen LogP contribution in [0.25, 0.3) is 0 Å². The minimum absolute atomic E-state index is 0.225. The Morgan fingerprint density at radius 3 is 2.73 bits per heavy atom. The summed E-state index contributed by atoms with van der Waals surface area (Å²) in [5.41, 5.74) is 10.8. The number of carbonyl (C=O) groups excluding carboxylic acids is 2. The SMILES string of the molecule is Cc1c(Cl)cccc1NC(=O)c1oc2c(c1C)/C(=N/NC(N)=O)CCC2. The second-order valence-corrected chi connectivity index (χ2v) is 6.52. The molecule has 3 amide bonds. The van der Waals surface area contributed by atoms with E-state index >= 15 is 0 Å². The average molecular weight is 375 g/mol. The third kappa shape index (κ3) is 3.43. The van der Waals surface area contributed by atoms with Gasteiger partial charge in [0.05, 0.1) is 5.71 Å². The number of aryl methyl sites for hydroxylation is 1. The van der Waals surface area contributed by atoms with Crippen LogP contribution in [-0.4, -0.2) is 17.6 Å². The lowest BCUT2D eigenvalue weighted by Gasteiger charge is -2.13. The number of nitrogens with one attached hydrogen (secondary N) is 2. The van der Waals surface area contributed by atoms with Crippen molar-refractivity contribution < 1.29 is 14.0 Å². The highest BCUT2D eigenvalue weighted by molar-refractivity contribution is 6.31. The fourth-order valence-electron chi connectivity index (χ4n) is 3.04. The number of hydrogen-bond donors (Lipinski definition) is 3. The second-order valence-electron chi connectivity index (χ2n) is 6.11. The summed E-state index contributed by atoms with van der Waals surface area (Å²) in [5, 5.41) is 7.46. The van der Waals surface area contributed by atoms with Crippen LogP contribution in [0.15, 0.2) is 27.7 Å². The summed E-state index contributed by atoms with van der Waals surface area (Å²) in [4.78, 5) is 23.6. The van der Waals surface area contributed by atoms with E-state index in [0.29, 0.717) is 40.6 Å². The van der Waals surface area contributed by atoms with E-state index in [-0.39, 0.29) is 11.7 Å². The zero-order valence-electron chi connectivity index (χ0n) is 14.5. The second kappa shape index (κ2) is 7.21. The van der Waals surface area contributed by atoms with Crippen LogP contribution in [-0.2, 0) is 6.42 Å². The van der Waals surface area contributed by atoms with Gasteiger partial charge in [-0.15, -0.1) is 0 Å². The number of primary amides is 1. The highest BCUT2D eigenvalue weighted by Gasteiger charge is 2.28. The van der Waals surface area contributed by atoms with Crippen LogP contribution in [0.1, 0.15) is 45.8 Å². The first-order valence-electron chi connectivity index (χ1n) is 8.19. The van der Waals surface area contributed by atoms with E-state index in [4.69, 9.17) is 21.8 Å². The molecule has 1 aromatic heterocycles. The van der Waals surface area contributed by atoms with Crippen molar-refractivity contribution >= 4 is 34.9 Å². The van der Waals surface area contributed by atoms with Gasteiger partial charge < -0.3 is 15.5 Å². The summed E-state index contributed by atoms with van der Waals surface area (Å²) >= 11 is 6.10. The van der Waals surface area contributed by atoms with Gasteiger partial charge in [-0.25, -0.2) is 10.2 Å². The third-order valence-electron chi connectivity index (χ3n) is 4.35. The minimum Gasteiger partial charge on any atom is -0.455 e. The molecular weight excluding hydrogens is 356 g/mol. The minimum atomic E-state index is -0.736. The van der Waals surface area contributed by atoms with E-state index < -0.39 is 6.03 Å². The van der Waals surface area contributed by atoms with Crippen LogP contribution in [0.3, 0.4) is 0 Å². The van der Waals surface area contributed by atoms with Gasteiger partial charge in [0, 0.05) is 28.3 Å². The number of furan rings is 1. The van der Waals surface area contributed by atoms with Crippen molar-refractivity contribution in [3.8, 4) is 0 Å². The van der Waals surface area contributed by atoms with Gasteiger partial charge in [-0.2, -0.15) is 5.10 Å². The van der Waals surface area contributed by atoms with Crippen LogP contribution >= 0.6 is 11.6 Å². The number of hydrazone groups is 1. The molecule has 4 N–H and O–H groups in total. The predicted octanol–water partition coefficient (Wildman–Crippen LogP) is 3.51. The summed E-state index contributed by atoms with van der Waals surface area (Å²) in [5.74, 6) is 0.555. The molecule has 1 heterocycles. The Morgan fingerprint density at radius 1 is 1.23 bits per heavy atom. The van der Waals surface area contributed by atoms with E-state index in [1.807, 2.05) is 6.92 Å². The van der Waals surface area contributed by atoms with Crippen molar-refractivity contribution in [3.63, 3.8) is 0 Å². The number of carbonyl (C=O) groups is 2. The highest BCUT2D eigenvalue weighted by atomic mass is 35.5. The molecule has 0 saturated carbocycles. The first-order chi connectivity index (χ1) is 12.4. The molecule has 1 aliphatic carbocycles. The fraction of sp³-hybridized carbons (Fsp3) is 0.278. The van der Waals surface area contributed by atoms with Gasteiger partial charge in [0.2, 0.25) is 0 Å². The molecule has 1 aromatic carbocycles. The zero-order valence-corrected chi connectivity index (χ0v) is 15.2. The molecule has 0 atom stereocenters. The molecule has 0 unspecified atom stereocenters. The van der Waals surface area contributed by atoms with Crippen molar-refractivity contribution in [2.24, 2.45) is 10.8 Å². The maximum Gasteiger partial charge on any atom is 0.332 e. The highest BCUT2D eigenvalue weighted by Crippen LogP contribution is 2.31. The van der Waals surface area contributed by atoms with Crippen LogP contribution in [0, 0.1) is 13.8 Å². The van der Waals surface area contributed by atoms with Crippen molar-refractivity contribution in [2.75, 3.05) is 5.32 Å². The molecule has 7 nitrogen and oxygen atoms in total. The normalized spacial score (nSPS) is 14.8. The van der Waals surface area contributed by atoms with Crippen molar-refractivity contribution in [3.05, 3.63) is 51.4 Å². The lowest BCUT2D eigenvalue weighted by Crippen LogP contribution is -2.27. The molecule has 136 valence electrons. The molecule has 1 aliphatic rings. The number of halogens is 1. The standard InChI is InChI=1S/C18H19ClN4O3/c1-9-11(19)5-3-6-12(9)21-17(24)16-10(2)15-13(22-23-18(20)25)7-4-8-14(15)26-16/h3,5-6H,4,7-8H2,1-2H3,(H,21,24)(H3,20,23,25)/b22-13+. The molecule has 0 saturated heterocycles. The molecule has 0 bridgehead atoms. The molecular formula is C18H19ClN4O3. The molecule has 2 aromatic rings. The van der Waals surface area contributed by atoms with Gasteiger partial charge in [-0.1, -0.05) is 17.7 Å². The lowest BCUT2D eigenvalue weighted by molar-refractivity contribution is 0.0994. The van der Waals surface area contributed by atoms with Gasteiger partial charge >= 0.3 is 6.03 Å². The van der Waals surface area contributed by atoms with Gasteiger partial charge in [0.1, 0.15) is 5.76 Å². The predicted molar refractivity (Wildman–Crippen MR) is 99.8 cm³/mol. The number of fused-ring (bicyclic) bond motifs is 1. The smallest absolute Gasteiger partial charge is 0.332 e. The number of benzene rings is 1. The number of urea groups is 1. The number of amides is 3. The average Bonchev–Trinajstić information content (AvgIpc) is 2.95. The summed E-state index contributed by atoms with van der Waals surface area (Å²) < 4.78 is 5.81. The lowest BCUT2D eigenvalue weighted by atomic mass is 9.93. The van der Waals surface area contributed by atoms with Crippen LogP contribution in [0.5, 0.6) is 0 Å². The molecule has 8 heteroatoms. The van der Waals surface area contributed by atoms with Crippen LogP contribution in [0.2, 0.25) is 5.02 Å². The molecule has 3 rings (SSSR count). The number of anilines is 1. The van der Waals surface area contributed by atoms with Gasteiger partial charge in [-0.3, -0.25) is 4.79 Å². The summed E-state index contributed by atoms with van der Waals surface area (Å²) in [6.07, 6.45) is 2.19. The van der Waals surface area contributed by atoms with Crippen molar-refractivity contribution in [2.45, 2.75) is 33.1 Å². The largest absolute Gasteiger partial charge is 0.455 e. The summed E-state index contributed by atoms with van der Waals surface area (Å²) in [7, 11) is 0. The Kier molecular flexibility index (Phi) is 4.99. The molecule has 0 aliphatic heterocycles. The number of hydrogen-bond acceptors (Lipinski definition) is 4. The zero-order chi connectivity index (χ0) is 18.8. The Hall–Kier alpha value is -2.80. The van der Waals surface area contributed by atoms with Gasteiger partial charge in [0.25, 0.3) is 5.91 Å². The Balaban J connectivity index is 1.92. The van der Waals surface area contributed by atoms with E-state index in [0.717, 1.165) is 17.5 Å². The first-order valence-corrected chi connectivity index (χ1v) is 8.57. The maximum absolute atomic E-state index is 12.7. The quantitative estimate of drug-likeness (QED) is 0.715. The number of nitrogens with two attached hydrogens (primary N) is 1. The summed E-state index contributed by atoms with van der Waals surface area (Å²) in [6, 6.07) is 4.57. The number of nitrogens with zero attached hydrogens (tertiary/aromatic N) is 1. The van der Waals surface area contributed by atoms with E-state index in [1.165, 1.54) is 0 Å². The molecule has 0 spiro atoms. The fourth-order valence-corrected chi connectivity index (χ4v) is 3.22. The maximum atomic E-state index is 12.7. The van der Waals surface area contributed by atoms with Crippen LogP contribution < -0.4 is 16.5 Å². The van der Waals surface area contributed by atoms with E-state index in [1.54, 1.807) is 25.1 Å². The monoisotopic (exact) mass is 374 g/mol. The van der Waals surface area contributed by atoms with Crippen molar-refractivity contribution in [1.82, 2.24) is 5.43 Å². The van der Waals surface area contributed by atoms with Gasteiger partial charge in [-0.05, 0) is 44.4 Å². The number of rotatable bonds is 3. The van der Waals surface area contributed by atoms with E-state index in [2.05, 4.69) is 15.8 Å². The Morgan fingerprint density at radius 2 is 2.00 bits per heavy atom. The molecule has 0 fully saturated rings. The van der Waals surface area contributed by atoms with Crippen LogP contribution in [0.4, 0.5) is 10.5 Å². The molecule has 0 radical (unpaired) electrons. The van der Waals surface area contributed by atoms with E-state index in [9.17, 15) is 9.59 Å². The van der Waals surface area contributed by atoms with Crippen molar-refractivity contribution in [1.29, 1.82) is 0 Å². The van der Waals surface area contributed by atoms with Gasteiger partial charge in [0.15, 0.2) is 5.76 Å². The topological polar surface area (TPSA) is 110 Å². The summed E-state index contributed by atoms with van der Waals surface area (Å²) in [6.45, 7) is 3.63. The molecule has 26 heavy (non-hydrogen) atoms. The first kappa shape index (κ1) is 18.0. The third-order valence-corrected chi connectivity index (χ3v) is 4.76. The Labute approximate surface area is 155 Å². The Bertz CT molecular complexity index is 917.